The molecule has 2 heteroatoms. The zero-order valence-electron chi connectivity index (χ0n) is 10.1. The number of hydrogen-bond acceptors (Lipinski definition) is 2. The molecule has 1 atom stereocenters. The van der Waals surface area contributed by atoms with Crippen LogP contribution < -0.4 is 5.32 Å². The SMILES string of the molecule is C=CCCC(C)NCC(C)(C)OCC. The van der Waals surface area contributed by atoms with Gasteiger partial charge in [0.1, 0.15) is 0 Å². The van der Waals surface area contributed by atoms with Crippen molar-refractivity contribution in [2.24, 2.45) is 0 Å². The van der Waals surface area contributed by atoms with Crippen LogP contribution in [-0.2, 0) is 4.74 Å². The fraction of sp³-hybridized carbons (Fsp3) is 0.833. The lowest BCUT2D eigenvalue weighted by Gasteiger charge is -2.27. The van der Waals surface area contributed by atoms with Crippen molar-refractivity contribution in [2.75, 3.05) is 13.2 Å². The summed E-state index contributed by atoms with van der Waals surface area (Å²) in [7, 11) is 0. The maximum absolute atomic E-state index is 5.60. The van der Waals surface area contributed by atoms with E-state index < -0.39 is 0 Å². The number of rotatable bonds is 8. The van der Waals surface area contributed by atoms with Crippen molar-refractivity contribution in [3.05, 3.63) is 12.7 Å². The lowest BCUT2D eigenvalue weighted by molar-refractivity contribution is -0.0104. The molecule has 0 saturated heterocycles. The average Bonchev–Trinajstić information content (AvgIpc) is 2.11. The maximum atomic E-state index is 5.60. The molecule has 0 rings (SSSR count). The molecule has 0 spiro atoms. The zero-order chi connectivity index (χ0) is 11.0. The summed E-state index contributed by atoms with van der Waals surface area (Å²) in [5.74, 6) is 0. The molecule has 0 fully saturated rings. The van der Waals surface area contributed by atoms with Crippen molar-refractivity contribution in [1.82, 2.24) is 5.32 Å². The topological polar surface area (TPSA) is 21.3 Å². The molecule has 0 aliphatic rings. The van der Waals surface area contributed by atoms with E-state index in [1.54, 1.807) is 0 Å². The van der Waals surface area contributed by atoms with E-state index >= 15 is 0 Å². The zero-order valence-corrected chi connectivity index (χ0v) is 10.1. The highest BCUT2D eigenvalue weighted by Gasteiger charge is 2.17. The minimum Gasteiger partial charge on any atom is -0.375 e. The quantitative estimate of drug-likeness (QED) is 0.607. The van der Waals surface area contributed by atoms with Crippen molar-refractivity contribution in [2.45, 2.75) is 52.2 Å². The van der Waals surface area contributed by atoms with Gasteiger partial charge in [-0.05, 0) is 40.5 Å². The van der Waals surface area contributed by atoms with Gasteiger partial charge in [-0.3, -0.25) is 0 Å². The number of nitrogens with one attached hydrogen (secondary N) is 1. The van der Waals surface area contributed by atoms with Crippen LogP contribution in [0.1, 0.15) is 40.5 Å². The highest BCUT2D eigenvalue weighted by Crippen LogP contribution is 2.08. The van der Waals surface area contributed by atoms with Crippen molar-refractivity contribution in [1.29, 1.82) is 0 Å². The third-order valence-electron chi connectivity index (χ3n) is 2.22. The second kappa shape index (κ2) is 7.02. The summed E-state index contributed by atoms with van der Waals surface area (Å²) < 4.78 is 5.60. The van der Waals surface area contributed by atoms with E-state index in [2.05, 4.69) is 32.7 Å². The number of hydrogen-bond donors (Lipinski definition) is 1. The van der Waals surface area contributed by atoms with E-state index in [0.29, 0.717) is 6.04 Å². The molecule has 0 aliphatic heterocycles. The molecule has 0 aliphatic carbocycles. The summed E-state index contributed by atoms with van der Waals surface area (Å²) in [6, 6.07) is 0.535. The molecule has 84 valence electrons. The van der Waals surface area contributed by atoms with Crippen molar-refractivity contribution in [3.8, 4) is 0 Å². The highest BCUT2D eigenvalue weighted by atomic mass is 16.5. The van der Waals surface area contributed by atoms with Gasteiger partial charge in [-0.15, -0.1) is 6.58 Å². The Kier molecular flexibility index (Phi) is 6.85. The summed E-state index contributed by atoms with van der Waals surface area (Å²) in [6.07, 6.45) is 4.18. The summed E-state index contributed by atoms with van der Waals surface area (Å²) >= 11 is 0. The standard InChI is InChI=1S/C12H25NO/c1-6-8-9-11(3)13-10-12(4,5)14-7-2/h6,11,13H,1,7-10H2,2-5H3. The second-order valence-electron chi connectivity index (χ2n) is 4.34. The molecule has 2 nitrogen and oxygen atoms in total. The van der Waals surface area contributed by atoms with Crippen LogP contribution in [0, 0.1) is 0 Å². The second-order valence-corrected chi connectivity index (χ2v) is 4.34. The van der Waals surface area contributed by atoms with Gasteiger partial charge in [-0.2, -0.15) is 0 Å². The molecule has 14 heavy (non-hydrogen) atoms. The van der Waals surface area contributed by atoms with Gasteiger partial charge in [0.05, 0.1) is 5.60 Å². The molecular weight excluding hydrogens is 174 g/mol. The Labute approximate surface area is 88.7 Å². The first-order chi connectivity index (χ1) is 6.52. The molecule has 0 aromatic heterocycles. The summed E-state index contributed by atoms with van der Waals surface area (Å²) in [4.78, 5) is 0. The maximum Gasteiger partial charge on any atom is 0.0750 e. The van der Waals surface area contributed by atoms with Gasteiger partial charge in [-0.25, -0.2) is 0 Å². The van der Waals surface area contributed by atoms with E-state index in [0.717, 1.165) is 26.0 Å². The minimum absolute atomic E-state index is 0.0583. The summed E-state index contributed by atoms with van der Waals surface area (Å²) in [5, 5.41) is 3.47. The average molecular weight is 199 g/mol. The molecule has 1 N–H and O–H groups in total. The van der Waals surface area contributed by atoms with Gasteiger partial charge in [-0.1, -0.05) is 6.08 Å². The highest BCUT2D eigenvalue weighted by molar-refractivity contribution is 4.76. The van der Waals surface area contributed by atoms with E-state index in [9.17, 15) is 0 Å². The largest absolute Gasteiger partial charge is 0.375 e. The monoisotopic (exact) mass is 199 g/mol. The predicted molar refractivity (Wildman–Crippen MR) is 62.6 cm³/mol. The Hall–Kier alpha value is -0.340. The molecular formula is C12H25NO. The first kappa shape index (κ1) is 13.7. The van der Waals surface area contributed by atoms with Crippen LogP contribution in [0.4, 0.5) is 0 Å². The Morgan fingerprint density at radius 1 is 1.50 bits per heavy atom. The minimum atomic E-state index is -0.0583. The van der Waals surface area contributed by atoms with Crippen LogP contribution in [0.3, 0.4) is 0 Å². The third kappa shape index (κ3) is 7.10. The summed E-state index contributed by atoms with van der Waals surface area (Å²) in [5.41, 5.74) is -0.0583. The van der Waals surface area contributed by atoms with Gasteiger partial charge in [0.25, 0.3) is 0 Å². The number of allylic oxidation sites excluding steroid dienone is 1. The van der Waals surface area contributed by atoms with Crippen LogP contribution in [0.2, 0.25) is 0 Å². The summed E-state index contributed by atoms with van der Waals surface area (Å²) in [6.45, 7) is 13.9. The molecule has 1 unspecified atom stereocenters. The van der Waals surface area contributed by atoms with Crippen molar-refractivity contribution in [3.63, 3.8) is 0 Å². The van der Waals surface area contributed by atoms with Crippen LogP contribution in [-0.4, -0.2) is 24.8 Å². The Morgan fingerprint density at radius 2 is 2.14 bits per heavy atom. The Bertz CT molecular complexity index is 154. The van der Waals surface area contributed by atoms with E-state index in [1.165, 1.54) is 0 Å². The third-order valence-corrected chi connectivity index (χ3v) is 2.22. The van der Waals surface area contributed by atoms with Gasteiger partial charge in [0.15, 0.2) is 0 Å². The van der Waals surface area contributed by atoms with Gasteiger partial charge in [0.2, 0.25) is 0 Å². The van der Waals surface area contributed by atoms with Crippen LogP contribution in [0.25, 0.3) is 0 Å². The van der Waals surface area contributed by atoms with Crippen molar-refractivity contribution >= 4 is 0 Å². The molecule has 0 aromatic carbocycles. The van der Waals surface area contributed by atoms with Crippen molar-refractivity contribution < 1.29 is 4.74 Å². The van der Waals surface area contributed by atoms with Gasteiger partial charge >= 0.3 is 0 Å². The van der Waals surface area contributed by atoms with E-state index in [-0.39, 0.29) is 5.60 Å². The molecule has 0 radical (unpaired) electrons. The molecule has 0 bridgehead atoms. The van der Waals surface area contributed by atoms with E-state index in [4.69, 9.17) is 4.74 Å². The molecule has 0 amide bonds. The van der Waals surface area contributed by atoms with Gasteiger partial charge in [0, 0.05) is 19.2 Å². The molecule has 0 aromatic rings. The van der Waals surface area contributed by atoms with Crippen LogP contribution >= 0.6 is 0 Å². The van der Waals surface area contributed by atoms with E-state index in [1.807, 2.05) is 13.0 Å². The normalized spacial score (nSPS) is 14.0. The molecule has 0 saturated carbocycles. The fourth-order valence-electron chi connectivity index (χ4n) is 1.33. The first-order valence-electron chi connectivity index (χ1n) is 5.50. The predicted octanol–water partition coefficient (Wildman–Crippen LogP) is 2.75. The lowest BCUT2D eigenvalue weighted by Crippen LogP contribution is -2.41. The van der Waals surface area contributed by atoms with Crippen LogP contribution in [0.15, 0.2) is 12.7 Å². The first-order valence-corrected chi connectivity index (χ1v) is 5.50. The number of ether oxygens (including phenoxy) is 1. The fourth-order valence-corrected chi connectivity index (χ4v) is 1.33. The lowest BCUT2D eigenvalue weighted by atomic mass is 10.1. The molecule has 0 heterocycles. The Morgan fingerprint density at radius 3 is 2.64 bits per heavy atom. The van der Waals surface area contributed by atoms with Gasteiger partial charge < -0.3 is 10.1 Å². The van der Waals surface area contributed by atoms with Crippen LogP contribution in [0.5, 0.6) is 0 Å². The smallest absolute Gasteiger partial charge is 0.0750 e. The Balaban J connectivity index is 3.63.